The normalized spacial score (nSPS) is 13.5. The highest BCUT2D eigenvalue weighted by Gasteiger charge is 2.20. The van der Waals surface area contributed by atoms with E-state index in [9.17, 15) is 14.7 Å². The molecule has 0 bridgehead atoms. The predicted molar refractivity (Wildman–Crippen MR) is 83.7 cm³/mol. The molecule has 1 atom stereocenters. The van der Waals surface area contributed by atoms with Crippen LogP contribution in [0.5, 0.6) is 0 Å². The van der Waals surface area contributed by atoms with Crippen molar-refractivity contribution in [2.24, 2.45) is 0 Å². The van der Waals surface area contributed by atoms with E-state index in [1.165, 1.54) is 17.8 Å². The first-order valence-electron chi connectivity index (χ1n) is 6.65. The lowest BCUT2D eigenvalue weighted by molar-refractivity contribution is -0.122. The summed E-state index contributed by atoms with van der Waals surface area (Å²) < 4.78 is 0. The molecule has 0 aromatic heterocycles. The molecular formula is C15H21NO4S. The standard InChI is InChI=1S/C15H21NO4S/c1-15(20,10-21-2)9-16-13(17)8-7-11-5-3-4-6-12(11)14(18)19/h3-6,20H,7-10H2,1-2H3,(H,16,17)(H,18,19). The first kappa shape index (κ1) is 17.5. The fraction of sp³-hybridized carbons (Fsp3) is 0.467. The third-order valence-corrected chi connectivity index (χ3v) is 3.90. The quantitative estimate of drug-likeness (QED) is 0.678. The molecule has 116 valence electrons. The van der Waals surface area contributed by atoms with E-state index in [4.69, 9.17) is 5.11 Å². The number of rotatable bonds is 8. The minimum atomic E-state index is -0.992. The molecule has 0 aliphatic heterocycles. The van der Waals surface area contributed by atoms with Crippen LogP contribution in [0.25, 0.3) is 0 Å². The van der Waals surface area contributed by atoms with Gasteiger partial charge in [-0.1, -0.05) is 18.2 Å². The molecular weight excluding hydrogens is 290 g/mol. The molecule has 21 heavy (non-hydrogen) atoms. The lowest BCUT2D eigenvalue weighted by atomic mass is 10.0. The van der Waals surface area contributed by atoms with Gasteiger partial charge in [-0.2, -0.15) is 11.8 Å². The topological polar surface area (TPSA) is 86.6 Å². The summed E-state index contributed by atoms with van der Waals surface area (Å²) in [5, 5.41) is 21.7. The molecule has 0 aliphatic rings. The van der Waals surface area contributed by atoms with Gasteiger partial charge in [-0.25, -0.2) is 4.79 Å². The van der Waals surface area contributed by atoms with Crippen LogP contribution in [0.15, 0.2) is 24.3 Å². The number of carboxylic acids is 1. The summed E-state index contributed by atoms with van der Waals surface area (Å²) in [5.41, 5.74) is -0.0793. The molecule has 1 aromatic carbocycles. The number of carboxylic acid groups (broad SMARTS) is 1. The van der Waals surface area contributed by atoms with Gasteiger partial charge < -0.3 is 15.5 Å². The van der Waals surface area contributed by atoms with Crippen LogP contribution in [0.3, 0.4) is 0 Å². The van der Waals surface area contributed by atoms with Gasteiger partial charge >= 0.3 is 5.97 Å². The second-order valence-corrected chi connectivity index (χ2v) is 6.04. The minimum Gasteiger partial charge on any atom is -0.478 e. The Morgan fingerprint density at radius 3 is 2.62 bits per heavy atom. The molecule has 0 heterocycles. The van der Waals surface area contributed by atoms with E-state index in [1.807, 2.05) is 6.26 Å². The number of benzene rings is 1. The number of nitrogens with one attached hydrogen (secondary N) is 1. The Morgan fingerprint density at radius 1 is 1.33 bits per heavy atom. The van der Waals surface area contributed by atoms with Crippen molar-refractivity contribution >= 4 is 23.6 Å². The number of aliphatic hydroxyl groups is 1. The van der Waals surface area contributed by atoms with E-state index in [2.05, 4.69) is 5.32 Å². The Balaban J connectivity index is 2.49. The van der Waals surface area contributed by atoms with Gasteiger partial charge in [0.05, 0.1) is 11.2 Å². The van der Waals surface area contributed by atoms with Crippen molar-refractivity contribution in [1.29, 1.82) is 0 Å². The van der Waals surface area contributed by atoms with Crippen LogP contribution in [-0.2, 0) is 11.2 Å². The monoisotopic (exact) mass is 311 g/mol. The number of thioether (sulfide) groups is 1. The zero-order valence-corrected chi connectivity index (χ0v) is 13.1. The second-order valence-electron chi connectivity index (χ2n) is 5.17. The number of aromatic carboxylic acids is 1. The molecule has 1 rings (SSSR count). The maximum absolute atomic E-state index is 11.8. The summed E-state index contributed by atoms with van der Waals surface area (Å²) in [7, 11) is 0. The molecule has 5 nitrogen and oxygen atoms in total. The number of carbonyl (C=O) groups excluding carboxylic acids is 1. The second kappa shape index (κ2) is 8.05. The Bertz CT molecular complexity index is 502. The maximum atomic E-state index is 11.8. The Kier molecular flexibility index (Phi) is 6.71. The van der Waals surface area contributed by atoms with Crippen molar-refractivity contribution in [2.75, 3.05) is 18.6 Å². The molecule has 0 aliphatic carbocycles. The summed E-state index contributed by atoms with van der Waals surface area (Å²) in [6, 6.07) is 6.65. The summed E-state index contributed by atoms with van der Waals surface area (Å²) in [4.78, 5) is 22.8. The van der Waals surface area contributed by atoms with Crippen molar-refractivity contribution in [3.63, 3.8) is 0 Å². The van der Waals surface area contributed by atoms with Crippen molar-refractivity contribution in [3.05, 3.63) is 35.4 Å². The van der Waals surface area contributed by atoms with Gasteiger partial charge in [0.1, 0.15) is 0 Å². The van der Waals surface area contributed by atoms with Gasteiger partial charge in [0, 0.05) is 18.7 Å². The first-order chi connectivity index (χ1) is 9.85. The summed E-state index contributed by atoms with van der Waals surface area (Å²) in [5.74, 6) is -0.653. The average molecular weight is 311 g/mol. The molecule has 1 amide bonds. The Morgan fingerprint density at radius 2 is 2.00 bits per heavy atom. The third-order valence-electron chi connectivity index (χ3n) is 2.99. The summed E-state index contributed by atoms with van der Waals surface area (Å²) in [6.07, 6.45) is 2.44. The van der Waals surface area contributed by atoms with Crippen LogP contribution in [0.1, 0.15) is 29.3 Å². The maximum Gasteiger partial charge on any atom is 0.335 e. The molecule has 0 saturated heterocycles. The van der Waals surface area contributed by atoms with Crippen molar-refractivity contribution in [3.8, 4) is 0 Å². The van der Waals surface area contributed by atoms with E-state index in [0.717, 1.165) is 0 Å². The lowest BCUT2D eigenvalue weighted by Crippen LogP contribution is -2.42. The van der Waals surface area contributed by atoms with Gasteiger partial charge in [0.25, 0.3) is 0 Å². The van der Waals surface area contributed by atoms with E-state index in [-0.39, 0.29) is 24.4 Å². The van der Waals surface area contributed by atoms with Crippen LogP contribution in [0, 0.1) is 0 Å². The highest BCUT2D eigenvalue weighted by molar-refractivity contribution is 7.98. The van der Waals surface area contributed by atoms with Crippen molar-refractivity contribution < 1.29 is 19.8 Å². The van der Waals surface area contributed by atoms with Crippen molar-refractivity contribution in [1.82, 2.24) is 5.32 Å². The highest BCUT2D eigenvalue weighted by atomic mass is 32.2. The average Bonchev–Trinajstić information content (AvgIpc) is 2.43. The molecule has 6 heteroatoms. The molecule has 0 radical (unpaired) electrons. The summed E-state index contributed by atoms with van der Waals surface area (Å²) in [6.45, 7) is 1.86. The Labute approximate surface area is 128 Å². The van der Waals surface area contributed by atoms with Gasteiger partial charge in [-0.05, 0) is 31.2 Å². The van der Waals surface area contributed by atoms with Gasteiger partial charge in [0.2, 0.25) is 5.91 Å². The van der Waals surface area contributed by atoms with Crippen LogP contribution in [-0.4, -0.2) is 46.2 Å². The predicted octanol–water partition coefficient (Wildman–Crippen LogP) is 1.55. The fourth-order valence-corrected chi connectivity index (χ4v) is 2.66. The minimum absolute atomic E-state index is 0.188. The fourth-order valence-electron chi connectivity index (χ4n) is 1.93. The smallest absolute Gasteiger partial charge is 0.335 e. The van der Waals surface area contributed by atoms with E-state index in [1.54, 1.807) is 25.1 Å². The molecule has 0 fully saturated rings. The highest BCUT2D eigenvalue weighted by Crippen LogP contribution is 2.12. The van der Waals surface area contributed by atoms with Crippen LogP contribution >= 0.6 is 11.8 Å². The van der Waals surface area contributed by atoms with Crippen LogP contribution in [0.4, 0.5) is 0 Å². The summed E-state index contributed by atoms with van der Waals surface area (Å²) >= 11 is 1.51. The molecule has 3 N–H and O–H groups in total. The lowest BCUT2D eigenvalue weighted by Gasteiger charge is -2.22. The van der Waals surface area contributed by atoms with Crippen LogP contribution in [0.2, 0.25) is 0 Å². The van der Waals surface area contributed by atoms with E-state index in [0.29, 0.717) is 17.7 Å². The van der Waals surface area contributed by atoms with E-state index >= 15 is 0 Å². The van der Waals surface area contributed by atoms with Gasteiger partial charge in [0.15, 0.2) is 0 Å². The molecule has 0 saturated carbocycles. The number of hydrogen-bond acceptors (Lipinski definition) is 4. The third kappa shape index (κ3) is 6.18. The van der Waals surface area contributed by atoms with E-state index < -0.39 is 11.6 Å². The molecule has 1 unspecified atom stereocenters. The number of amides is 1. The Hall–Kier alpha value is -1.53. The first-order valence-corrected chi connectivity index (χ1v) is 8.04. The molecule has 0 spiro atoms. The largest absolute Gasteiger partial charge is 0.478 e. The van der Waals surface area contributed by atoms with Gasteiger partial charge in [-0.3, -0.25) is 4.79 Å². The SMILES string of the molecule is CSCC(C)(O)CNC(=O)CCc1ccccc1C(=O)O. The number of aryl methyl sites for hydroxylation is 1. The van der Waals surface area contributed by atoms with Crippen molar-refractivity contribution in [2.45, 2.75) is 25.4 Å². The molecule has 1 aromatic rings. The zero-order valence-electron chi connectivity index (χ0n) is 12.3. The number of hydrogen-bond donors (Lipinski definition) is 3. The van der Waals surface area contributed by atoms with Gasteiger partial charge in [-0.15, -0.1) is 0 Å². The zero-order chi connectivity index (χ0) is 15.9. The van der Waals surface area contributed by atoms with Crippen LogP contribution < -0.4 is 5.32 Å². The number of carbonyl (C=O) groups is 2.